The molecule has 0 aromatic heterocycles. The number of amides is 1. The Bertz CT molecular complexity index is 1520. The minimum atomic E-state index is -3.67. The van der Waals surface area contributed by atoms with E-state index in [4.69, 9.17) is 14.2 Å². The summed E-state index contributed by atoms with van der Waals surface area (Å²) in [5, 5.41) is 10.9. The first-order valence-electron chi connectivity index (χ1n) is 14.0. The number of hydrogen-bond acceptors (Lipinski definition) is 9. The summed E-state index contributed by atoms with van der Waals surface area (Å²) >= 11 is 3.33. The van der Waals surface area contributed by atoms with Gasteiger partial charge in [0.15, 0.2) is 9.84 Å². The number of sulfone groups is 1. The quantitative estimate of drug-likeness (QED) is 0.413. The first-order valence-corrected chi connectivity index (χ1v) is 18.1. The molecule has 2 fully saturated rings. The van der Waals surface area contributed by atoms with E-state index in [0.717, 1.165) is 6.26 Å². The molecular weight excluding hydrogens is 664 g/mol. The summed E-state index contributed by atoms with van der Waals surface area (Å²) < 4.78 is 69.9. The van der Waals surface area contributed by atoms with Gasteiger partial charge in [0.05, 0.1) is 34.6 Å². The first-order chi connectivity index (χ1) is 20.0. The van der Waals surface area contributed by atoms with Gasteiger partial charge in [-0.25, -0.2) is 21.6 Å². The average Bonchev–Trinajstić information content (AvgIpc) is 3.32. The molecule has 43 heavy (non-hydrogen) atoms. The largest absolute Gasteiger partial charge is 0.491 e. The number of ether oxygens (including phenoxy) is 3. The van der Waals surface area contributed by atoms with Crippen LogP contribution < -0.4 is 4.74 Å². The number of aliphatic hydroxyl groups excluding tert-OH is 1. The summed E-state index contributed by atoms with van der Waals surface area (Å²) in [6, 6.07) is 12.2. The second-order valence-corrected chi connectivity index (χ2v) is 16.9. The predicted molar refractivity (Wildman–Crippen MR) is 163 cm³/mol. The van der Waals surface area contributed by atoms with Crippen LogP contribution in [0.3, 0.4) is 0 Å². The standard InChI is InChI=1S/C29H39BrN2O9S2/c1-28(2,3)41-27(34)32(18-23(33)20-39-24-8-6-9-25(16-24)42(4,35)36)22-17-29(40-19-22)11-13-31(14-12-29)43(37,38)26-10-5-7-21(30)15-26/h5-10,15-16,22-23,33H,11-14,17-20H2,1-4H3/t22?,23-/m0/s1. The van der Waals surface area contributed by atoms with Gasteiger partial charge in [0, 0.05) is 23.8 Å². The first kappa shape index (κ1) is 33.7. The van der Waals surface area contributed by atoms with E-state index in [-0.39, 0.29) is 48.4 Å². The lowest BCUT2D eigenvalue weighted by molar-refractivity contribution is -0.0329. The van der Waals surface area contributed by atoms with E-state index in [1.54, 1.807) is 57.2 Å². The lowest BCUT2D eigenvalue weighted by Crippen LogP contribution is -2.50. The zero-order valence-electron chi connectivity index (χ0n) is 24.7. The van der Waals surface area contributed by atoms with Gasteiger partial charge in [0.1, 0.15) is 24.1 Å². The van der Waals surface area contributed by atoms with Gasteiger partial charge in [-0.3, -0.25) is 0 Å². The number of piperidine rings is 1. The van der Waals surface area contributed by atoms with Crippen LogP contribution in [0.2, 0.25) is 0 Å². The van der Waals surface area contributed by atoms with Crippen LogP contribution in [-0.4, -0.2) is 99.7 Å². The van der Waals surface area contributed by atoms with Gasteiger partial charge >= 0.3 is 6.09 Å². The molecule has 0 bridgehead atoms. The second kappa shape index (κ2) is 13.0. The summed E-state index contributed by atoms with van der Waals surface area (Å²) in [5.41, 5.74) is -1.38. The molecule has 2 atom stereocenters. The molecule has 2 aliphatic heterocycles. The van der Waals surface area contributed by atoms with E-state index in [9.17, 15) is 26.7 Å². The van der Waals surface area contributed by atoms with Crippen molar-refractivity contribution in [2.45, 2.75) is 73.2 Å². The van der Waals surface area contributed by atoms with Crippen LogP contribution >= 0.6 is 15.9 Å². The number of benzene rings is 2. The minimum Gasteiger partial charge on any atom is -0.491 e. The third-order valence-electron chi connectivity index (χ3n) is 7.41. The maximum atomic E-state index is 13.3. The van der Waals surface area contributed by atoms with Gasteiger partial charge in [0.2, 0.25) is 10.0 Å². The van der Waals surface area contributed by atoms with Crippen molar-refractivity contribution in [1.29, 1.82) is 0 Å². The molecule has 2 saturated heterocycles. The highest BCUT2D eigenvalue weighted by Crippen LogP contribution is 2.39. The van der Waals surface area contributed by atoms with E-state index in [1.165, 1.54) is 21.3 Å². The number of carbonyl (C=O) groups excluding carboxylic acids is 1. The van der Waals surface area contributed by atoms with Crippen molar-refractivity contribution in [3.8, 4) is 5.75 Å². The topological polar surface area (TPSA) is 140 Å². The number of rotatable bonds is 9. The van der Waals surface area contributed by atoms with Gasteiger partial charge < -0.3 is 24.2 Å². The summed E-state index contributed by atoms with van der Waals surface area (Å²) in [6.45, 7) is 5.74. The molecule has 0 saturated carbocycles. The van der Waals surface area contributed by atoms with Gasteiger partial charge in [-0.2, -0.15) is 4.31 Å². The molecule has 1 N–H and O–H groups in total. The molecular formula is C29H39BrN2O9S2. The van der Waals surface area contributed by atoms with Crippen LogP contribution in [0.1, 0.15) is 40.0 Å². The summed E-state index contributed by atoms with van der Waals surface area (Å²) in [7, 11) is -7.10. The van der Waals surface area contributed by atoms with Gasteiger partial charge in [0.25, 0.3) is 0 Å². The Morgan fingerprint density at radius 2 is 1.77 bits per heavy atom. The number of aliphatic hydroxyl groups is 1. The van der Waals surface area contributed by atoms with Crippen LogP contribution in [0, 0.1) is 0 Å². The molecule has 0 radical (unpaired) electrons. The van der Waals surface area contributed by atoms with Crippen LogP contribution in [-0.2, 0) is 29.3 Å². The molecule has 2 aromatic rings. The minimum absolute atomic E-state index is 0.0961. The Labute approximate surface area is 262 Å². The SMILES string of the molecule is CC(C)(C)OC(=O)N(C[C@H](O)COc1cccc(S(C)(=O)=O)c1)C1COC2(CCN(S(=O)(=O)c3cccc(Br)c3)CC2)C1. The molecule has 14 heteroatoms. The van der Waals surface area contributed by atoms with Crippen molar-refractivity contribution in [3.63, 3.8) is 0 Å². The molecule has 2 aliphatic rings. The Morgan fingerprint density at radius 3 is 2.40 bits per heavy atom. The highest BCUT2D eigenvalue weighted by molar-refractivity contribution is 9.10. The van der Waals surface area contributed by atoms with Crippen molar-refractivity contribution < 1.29 is 40.9 Å². The average molecular weight is 704 g/mol. The van der Waals surface area contributed by atoms with Crippen molar-refractivity contribution in [2.75, 3.05) is 39.1 Å². The Kier molecular flexibility index (Phi) is 10.2. The molecule has 2 heterocycles. The van der Waals surface area contributed by atoms with E-state index < -0.39 is 49.3 Å². The molecule has 4 rings (SSSR count). The number of halogens is 1. The van der Waals surface area contributed by atoms with Crippen molar-refractivity contribution >= 4 is 41.9 Å². The van der Waals surface area contributed by atoms with Gasteiger partial charge in [-0.05, 0) is 76.4 Å². The normalized spacial score (nSPS) is 20.1. The molecule has 1 amide bonds. The van der Waals surface area contributed by atoms with Gasteiger partial charge in [-0.15, -0.1) is 0 Å². The van der Waals surface area contributed by atoms with Crippen LogP contribution in [0.25, 0.3) is 0 Å². The van der Waals surface area contributed by atoms with Crippen LogP contribution in [0.15, 0.2) is 62.8 Å². The molecule has 238 valence electrons. The van der Waals surface area contributed by atoms with Crippen LogP contribution in [0.4, 0.5) is 4.79 Å². The van der Waals surface area contributed by atoms with E-state index >= 15 is 0 Å². The number of hydrogen-bond donors (Lipinski definition) is 1. The fourth-order valence-corrected chi connectivity index (χ4v) is 7.93. The smallest absolute Gasteiger partial charge is 0.410 e. The van der Waals surface area contributed by atoms with Gasteiger partial charge in [-0.1, -0.05) is 28.1 Å². The third kappa shape index (κ3) is 8.70. The van der Waals surface area contributed by atoms with Crippen molar-refractivity contribution in [1.82, 2.24) is 9.21 Å². The molecule has 2 aromatic carbocycles. The highest BCUT2D eigenvalue weighted by Gasteiger charge is 2.47. The summed E-state index contributed by atoms with van der Waals surface area (Å²) in [5.74, 6) is 0.276. The van der Waals surface area contributed by atoms with E-state index in [0.29, 0.717) is 23.7 Å². The van der Waals surface area contributed by atoms with Crippen molar-refractivity contribution in [3.05, 3.63) is 53.0 Å². The molecule has 11 nitrogen and oxygen atoms in total. The second-order valence-electron chi connectivity index (χ2n) is 12.1. The lowest BCUT2D eigenvalue weighted by Gasteiger charge is -2.38. The Hall–Kier alpha value is -2.23. The Balaban J connectivity index is 1.41. The third-order valence-corrected chi connectivity index (χ3v) is 10.9. The number of nitrogens with zero attached hydrogens (tertiary/aromatic N) is 2. The monoisotopic (exact) mass is 702 g/mol. The fourth-order valence-electron chi connectivity index (χ4n) is 5.24. The zero-order chi connectivity index (χ0) is 31.6. The van der Waals surface area contributed by atoms with E-state index in [2.05, 4.69) is 15.9 Å². The van der Waals surface area contributed by atoms with E-state index in [1.807, 2.05) is 0 Å². The fraction of sp³-hybridized carbons (Fsp3) is 0.552. The lowest BCUT2D eigenvalue weighted by atomic mass is 9.88. The number of carbonyl (C=O) groups is 1. The molecule has 1 unspecified atom stereocenters. The maximum absolute atomic E-state index is 13.3. The molecule has 0 aliphatic carbocycles. The predicted octanol–water partition coefficient (Wildman–Crippen LogP) is 3.84. The van der Waals surface area contributed by atoms with Crippen molar-refractivity contribution in [2.24, 2.45) is 0 Å². The Morgan fingerprint density at radius 1 is 1.12 bits per heavy atom. The summed E-state index contributed by atoms with van der Waals surface area (Å²) in [4.78, 5) is 15.1. The number of sulfonamides is 1. The zero-order valence-corrected chi connectivity index (χ0v) is 28.0. The summed E-state index contributed by atoms with van der Waals surface area (Å²) in [6.07, 6.45) is 0.763. The highest BCUT2D eigenvalue weighted by atomic mass is 79.9. The molecule has 1 spiro atoms. The van der Waals surface area contributed by atoms with Crippen LogP contribution in [0.5, 0.6) is 5.75 Å². The maximum Gasteiger partial charge on any atom is 0.410 e.